The van der Waals surface area contributed by atoms with Crippen LogP contribution in [-0.4, -0.2) is 19.8 Å². The summed E-state index contributed by atoms with van der Waals surface area (Å²) in [5, 5.41) is 0. The van der Waals surface area contributed by atoms with Crippen LogP contribution in [0, 0.1) is 11.8 Å². The smallest absolute Gasteiger partial charge is 0.0468 e. The summed E-state index contributed by atoms with van der Waals surface area (Å²) in [6, 6.07) is 0. The molecular weight excluding hydrogens is 162 g/mol. The Bertz CT molecular complexity index is 104. The van der Waals surface area contributed by atoms with Crippen LogP contribution in [0.15, 0.2) is 0 Å². The molecule has 0 aromatic rings. The van der Waals surface area contributed by atoms with Gasteiger partial charge in [-0.1, -0.05) is 20.8 Å². The van der Waals surface area contributed by atoms with Crippen LogP contribution in [0.2, 0.25) is 0 Å². The molecule has 1 atom stereocenters. The third-order valence-corrected chi connectivity index (χ3v) is 2.25. The normalized spacial score (nSPS) is 13.6. The topological polar surface area (TPSA) is 35.2 Å². The molecular formula is C11H25NO. The number of ether oxygens (including phenoxy) is 1. The van der Waals surface area contributed by atoms with Crippen LogP contribution in [0.5, 0.6) is 0 Å². The maximum atomic E-state index is 5.52. The first-order valence-corrected chi connectivity index (χ1v) is 5.44. The minimum Gasteiger partial charge on any atom is -0.381 e. The van der Waals surface area contributed by atoms with Gasteiger partial charge in [0.25, 0.3) is 0 Å². The molecule has 0 aromatic heterocycles. The first kappa shape index (κ1) is 12.9. The molecule has 0 saturated carbocycles. The minimum atomic E-state index is 0.712. The fourth-order valence-corrected chi connectivity index (χ4v) is 1.13. The third kappa shape index (κ3) is 9.84. The Hall–Kier alpha value is -0.0800. The number of hydrogen-bond acceptors (Lipinski definition) is 2. The van der Waals surface area contributed by atoms with Crippen LogP contribution >= 0.6 is 0 Å². The van der Waals surface area contributed by atoms with E-state index in [9.17, 15) is 0 Å². The molecule has 0 fully saturated rings. The van der Waals surface area contributed by atoms with Crippen LogP contribution in [-0.2, 0) is 4.74 Å². The molecule has 0 heterocycles. The molecule has 0 aliphatic heterocycles. The predicted octanol–water partition coefficient (Wildman–Crippen LogP) is 2.42. The molecule has 2 nitrogen and oxygen atoms in total. The molecule has 0 aromatic carbocycles. The Morgan fingerprint density at radius 1 is 1.00 bits per heavy atom. The summed E-state index contributed by atoms with van der Waals surface area (Å²) in [5.41, 5.74) is 5.46. The maximum Gasteiger partial charge on any atom is 0.0468 e. The zero-order valence-corrected chi connectivity index (χ0v) is 9.38. The second-order valence-electron chi connectivity index (χ2n) is 4.27. The van der Waals surface area contributed by atoms with Gasteiger partial charge in [-0.2, -0.15) is 0 Å². The second-order valence-corrected chi connectivity index (χ2v) is 4.27. The van der Waals surface area contributed by atoms with Crippen LogP contribution in [0.25, 0.3) is 0 Å². The zero-order valence-electron chi connectivity index (χ0n) is 9.38. The van der Waals surface area contributed by atoms with Crippen molar-refractivity contribution in [1.29, 1.82) is 0 Å². The summed E-state index contributed by atoms with van der Waals surface area (Å²) in [7, 11) is 0. The van der Waals surface area contributed by atoms with Gasteiger partial charge >= 0.3 is 0 Å². The van der Waals surface area contributed by atoms with Crippen LogP contribution in [0.1, 0.15) is 40.0 Å². The van der Waals surface area contributed by atoms with Gasteiger partial charge in [-0.25, -0.2) is 0 Å². The second kappa shape index (κ2) is 8.52. The van der Waals surface area contributed by atoms with E-state index < -0.39 is 0 Å². The lowest BCUT2D eigenvalue weighted by molar-refractivity contribution is 0.111. The average Bonchev–Trinajstić information content (AvgIpc) is 2.03. The number of nitrogens with two attached hydrogens (primary N) is 1. The molecule has 13 heavy (non-hydrogen) atoms. The van der Waals surface area contributed by atoms with E-state index in [2.05, 4.69) is 20.8 Å². The van der Waals surface area contributed by atoms with Gasteiger partial charge in [-0.05, 0) is 37.6 Å². The lowest BCUT2D eigenvalue weighted by Gasteiger charge is -2.10. The molecule has 0 aliphatic carbocycles. The lowest BCUT2D eigenvalue weighted by atomic mass is 10.1. The SMILES string of the molecule is CC(C)CCOCCC(C)CCN. The van der Waals surface area contributed by atoms with Crippen molar-refractivity contribution >= 4 is 0 Å². The van der Waals surface area contributed by atoms with Crippen LogP contribution < -0.4 is 5.73 Å². The maximum absolute atomic E-state index is 5.52. The summed E-state index contributed by atoms with van der Waals surface area (Å²) < 4.78 is 5.52. The molecule has 0 spiro atoms. The molecule has 0 saturated heterocycles. The van der Waals surface area contributed by atoms with Crippen LogP contribution in [0.3, 0.4) is 0 Å². The fraction of sp³-hybridized carbons (Fsp3) is 1.00. The Labute approximate surface area is 82.8 Å². The molecule has 0 aliphatic rings. The molecule has 0 rings (SSSR count). The molecule has 0 amide bonds. The summed E-state index contributed by atoms with van der Waals surface area (Å²) >= 11 is 0. The molecule has 1 unspecified atom stereocenters. The van der Waals surface area contributed by atoms with E-state index in [4.69, 9.17) is 10.5 Å². The van der Waals surface area contributed by atoms with Crippen molar-refractivity contribution in [2.45, 2.75) is 40.0 Å². The van der Waals surface area contributed by atoms with Gasteiger partial charge in [0.05, 0.1) is 0 Å². The van der Waals surface area contributed by atoms with E-state index in [0.717, 1.165) is 38.5 Å². The molecule has 0 bridgehead atoms. The highest BCUT2D eigenvalue weighted by Crippen LogP contribution is 2.06. The highest BCUT2D eigenvalue weighted by Gasteiger charge is 2.00. The van der Waals surface area contributed by atoms with Crippen molar-refractivity contribution in [3.8, 4) is 0 Å². The van der Waals surface area contributed by atoms with E-state index in [1.807, 2.05) is 0 Å². The first-order valence-electron chi connectivity index (χ1n) is 5.44. The largest absolute Gasteiger partial charge is 0.381 e. The van der Waals surface area contributed by atoms with Gasteiger partial charge in [0, 0.05) is 13.2 Å². The molecule has 2 heteroatoms. The highest BCUT2D eigenvalue weighted by molar-refractivity contribution is 4.52. The lowest BCUT2D eigenvalue weighted by Crippen LogP contribution is -2.09. The number of hydrogen-bond donors (Lipinski definition) is 1. The van der Waals surface area contributed by atoms with Gasteiger partial charge in [0.2, 0.25) is 0 Å². The highest BCUT2D eigenvalue weighted by atomic mass is 16.5. The Morgan fingerprint density at radius 3 is 2.15 bits per heavy atom. The van der Waals surface area contributed by atoms with Gasteiger partial charge in [-0.3, -0.25) is 0 Å². The van der Waals surface area contributed by atoms with E-state index in [0.29, 0.717) is 5.92 Å². The van der Waals surface area contributed by atoms with Crippen molar-refractivity contribution in [3.05, 3.63) is 0 Å². The quantitative estimate of drug-likeness (QED) is 0.592. The predicted molar refractivity (Wildman–Crippen MR) is 57.7 cm³/mol. The van der Waals surface area contributed by atoms with Gasteiger partial charge in [0.1, 0.15) is 0 Å². The summed E-state index contributed by atoms with van der Waals surface area (Å²) in [4.78, 5) is 0. The Balaban J connectivity index is 3.06. The van der Waals surface area contributed by atoms with E-state index >= 15 is 0 Å². The Morgan fingerprint density at radius 2 is 1.62 bits per heavy atom. The zero-order chi connectivity index (χ0) is 10.1. The van der Waals surface area contributed by atoms with Crippen molar-refractivity contribution in [1.82, 2.24) is 0 Å². The average molecular weight is 187 g/mol. The molecule has 2 N–H and O–H groups in total. The number of rotatable bonds is 8. The standard InChI is InChI=1S/C11H25NO/c1-10(2)5-8-13-9-6-11(3)4-7-12/h10-11H,4-9,12H2,1-3H3. The molecule has 80 valence electrons. The van der Waals surface area contributed by atoms with Crippen LogP contribution in [0.4, 0.5) is 0 Å². The minimum absolute atomic E-state index is 0.712. The van der Waals surface area contributed by atoms with Crippen molar-refractivity contribution in [3.63, 3.8) is 0 Å². The fourth-order valence-electron chi connectivity index (χ4n) is 1.13. The summed E-state index contributed by atoms with van der Waals surface area (Å²) in [5.74, 6) is 1.46. The van der Waals surface area contributed by atoms with Gasteiger partial charge < -0.3 is 10.5 Å². The van der Waals surface area contributed by atoms with E-state index in [-0.39, 0.29) is 0 Å². The molecule has 0 radical (unpaired) electrons. The summed E-state index contributed by atoms with van der Waals surface area (Å²) in [6.07, 6.45) is 3.44. The third-order valence-electron chi connectivity index (χ3n) is 2.25. The van der Waals surface area contributed by atoms with Gasteiger partial charge in [0.15, 0.2) is 0 Å². The monoisotopic (exact) mass is 187 g/mol. The van der Waals surface area contributed by atoms with Crippen molar-refractivity contribution in [2.75, 3.05) is 19.8 Å². The van der Waals surface area contributed by atoms with Gasteiger partial charge in [-0.15, -0.1) is 0 Å². The Kier molecular flexibility index (Phi) is 8.46. The summed E-state index contributed by atoms with van der Waals surface area (Å²) in [6.45, 7) is 9.29. The first-order chi connectivity index (χ1) is 6.16. The van der Waals surface area contributed by atoms with E-state index in [1.54, 1.807) is 0 Å². The van der Waals surface area contributed by atoms with E-state index in [1.165, 1.54) is 6.42 Å². The van der Waals surface area contributed by atoms with Crippen molar-refractivity contribution in [2.24, 2.45) is 17.6 Å². The van der Waals surface area contributed by atoms with Crippen molar-refractivity contribution < 1.29 is 4.74 Å².